The molecule has 0 aliphatic carbocycles. The third-order valence-corrected chi connectivity index (χ3v) is 9.38. The lowest BCUT2D eigenvalue weighted by Crippen LogP contribution is -2.00. The fourth-order valence-corrected chi connectivity index (χ4v) is 6.98. The van der Waals surface area contributed by atoms with E-state index < -0.39 is 0 Å². The molecule has 0 saturated heterocycles. The van der Waals surface area contributed by atoms with Gasteiger partial charge in [-0.2, -0.15) is 0 Å². The van der Waals surface area contributed by atoms with Gasteiger partial charge in [0.25, 0.3) is 0 Å². The lowest BCUT2D eigenvalue weighted by atomic mass is 9.98. The van der Waals surface area contributed by atoms with Crippen molar-refractivity contribution >= 4 is 43.9 Å². The van der Waals surface area contributed by atoms with Crippen molar-refractivity contribution in [3.05, 3.63) is 164 Å². The minimum Gasteiger partial charge on any atom is -0.456 e. The molecule has 0 aliphatic heterocycles. The minimum absolute atomic E-state index is 0.617. The molecule has 0 spiro atoms. The Hall–Kier alpha value is -6.85. The molecule has 0 N–H and O–H groups in total. The lowest BCUT2D eigenvalue weighted by molar-refractivity contribution is 0.668. The Bertz CT molecular complexity index is 2680. The van der Waals surface area contributed by atoms with E-state index >= 15 is 0 Å². The second kappa shape index (κ2) is 11.4. The van der Waals surface area contributed by atoms with Gasteiger partial charge in [0.2, 0.25) is 0 Å². The molecule has 0 saturated carbocycles. The molecular weight excluding hydrogens is 615 g/mol. The van der Waals surface area contributed by atoms with E-state index in [0.29, 0.717) is 17.5 Å². The summed E-state index contributed by atoms with van der Waals surface area (Å²) in [5.74, 6) is 1.86. The number of fused-ring (bicyclic) bond motifs is 6. The first-order valence-corrected chi connectivity index (χ1v) is 16.6. The fourth-order valence-electron chi connectivity index (χ4n) is 6.98. The highest BCUT2D eigenvalue weighted by Gasteiger charge is 2.16. The number of para-hydroxylation sites is 2. The Morgan fingerprint density at radius 1 is 0.280 bits per heavy atom. The van der Waals surface area contributed by atoms with Crippen LogP contribution in [0, 0.1) is 0 Å². The molecule has 50 heavy (non-hydrogen) atoms. The molecule has 3 heterocycles. The molecule has 0 unspecified atom stereocenters. The Morgan fingerprint density at radius 3 is 1.10 bits per heavy atom. The lowest BCUT2D eigenvalue weighted by Gasteiger charge is -2.10. The predicted molar refractivity (Wildman–Crippen MR) is 202 cm³/mol. The standard InChI is InChI=1S/C45H27N3O2/c1-2-10-30(11-3-1)43-46-44(31-24-20-28(21-25-31)33-14-8-18-39-41(33)35-12-4-6-16-37(35)49-39)48-45(47-43)32-26-22-29(23-27-32)34-15-9-19-40-42(34)36-13-5-7-17-38(36)50-40/h1-27H. The molecule has 7 aromatic carbocycles. The maximum Gasteiger partial charge on any atom is 0.164 e. The zero-order chi connectivity index (χ0) is 33.0. The monoisotopic (exact) mass is 641 g/mol. The summed E-state index contributed by atoms with van der Waals surface area (Å²) in [7, 11) is 0. The quantitative estimate of drug-likeness (QED) is 0.187. The molecule has 0 bridgehead atoms. The summed E-state index contributed by atoms with van der Waals surface area (Å²) in [6.45, 7) is 0. The summed E-state index contributed by atoms with van der Waals surface area (Å²) in [6.07, 6.45) is 0. The van der Waals surface area contributed by atoms with Crippen molar-refractivity contribution in [2.24, 2.45) is 0 Å². The first kappa shape index (κ1) is 28.2. The van der Waals surface area contributed by atoms with E-state index in [9.17, 15) is 0 Å². The maximum atomic E-state index is 6.15. The zero-order valence-electron chi connectivity index (χ0n) is 26.7. The molecule has 0 radical (unpaired) electrons. The van der Waals surface area contributed by atoms with Crippen molar-refractivity contribution in [3.8, 4) is 56.4 Å². The summed E-state index contributed by atoms with van der Waals surface area (Å²) in [4.78, 5) is 14.9. The molecule has 0 amide bonds. The highest BCUT2D eigenvalue weighted by molar-refractivity contribution is 6.13. The first-order valence-electron chi connectivity index (χ1n) is 16.6. The van der Waals surface area contributed by atoms with Crippen molar-refractivity contribution in [2.45, 2.75) is 0 Å². The molecule has 0 atom stereocenters. The third-order valence-electron chi connectivity index (χ3n) is 9.38. The van der Waals surface area contributed by atoms with Gasteiger partial charge in [-0.05, 0) is 46.5 Å². The summed E-state index contributed by atoms with van der Waals surface area (Å²) in [5.41, 5.74) is 10.7. The molecule has 234 valence electrons. The highest BCUT2D eigenvalue weighted by Crippen LogP contribution is 2.39. The highest BCUT2D eigenvalue weighted by atomic mass is 16.3. The van der Waals surface area contributed by atoms with Gasteiger partial charge in [-0.25, -0.2) is 15.0 Å². The van der Waals surface area contributed by atoms with Crippen LogP contribution in [-0.4, -0.2) is 15.0 Å². The van der Waals surface area contributed by atoms with Gasteiger partial charge in [0.15, 0.2) is 17.5 Å². The van der Waals surface area contributed by atoms with Gasteiger partial charge in [0.05, 0.1) is 0 Å². The molecule has 0 aliphatic rings. The van der Waals surface area contributed by atoms with Crippen molar-refractivity contribution < 1.29 is 8.83 Å². The fraction of sp³-hybridized carbons (Fsp3) is 0. The summed E-state index contributed by atoms with van der Waals surface area (Å²) in [6, 6.07) is 55.7. The number of rotatable bonds is 5. The first-order chi connectivity index (χ1) is 24.8. The van der Waals surface area contributed by atoms with Gasteiger partial charge in [-0.1, -0.05) is 140 Å². The Morgan fingerprint density at radius 2 is 0.640 bits per heavy atom. The molecule has 5 nitrogen and oxygen atoms in total. The normalized spacial score (nSPS) is 11.6. The van der Waals surface area contributed by atoms with E-state index in [0.717, 1.165) is 82.8 Å². The van der Waals surface area contributed by atoms with Gasteiger partial charge in [-0.15, -0.1) is 0 Å². The number of nitrogens with zero attached hydrogens (tertiary/aromatic N) is 3. The van der Waals surface area contributed by atoms with Crippen molar-refractivity contribution in [2.75, 3.05) is 0 Å². The summed E-state index contributed by atoms with van der Waals surface area (Å²) in [5, 5.41) is 4.45. The van der Waals surface area contributed by atoms with Crippen LogP contribution in [0.15, 0.2) is 173 Å². The molecule has 10 rings (SSSR count). The van der Waals surface area contributed by atoms with Gasteiger partial charge in [0, 0.05) is 38.2 Å². The molecular formula is C45H27N3O2. The van der Waals surface area contributed by atoms with Crippen molar-refractivity contribution in [1.82, 2.24) is 15.0 Å². The summed E-state index contributed by atoms with van der Waals surface area (Å²) >= 11 is 0. The molecule has 10 aromatic rings. The van der Waals surface area contributed by atoms with E-state index in [1.54, 1.807) is 0 Å². The predicted octanol–water partition coefficient (Wildman–Crippen LogP) is 12.0. The molecule has 3 aromatic heterocycles. The molecule has 5 heteroatoms. The van der Waals surface area contributed by atoms with Crippen LogP contribution in [0.3, 0.4) is 0 Å². The number of benzene rings is 7. The van der Waals surface area contributed by atoms with Gasteiger partial charge in [-0.3, -0.25) is 0 Å². The van der Waals surface area contributed by atoms with Crippen LogP contribution in [0.2, 0.25) is 0 Å². The largest absolute Gasteiger partial charge is 0.456 e. The minimum atomic E-state index is 0.617. The van der Waals surface area contributed by atoms with Gasteiger partial charge in [0.1, 0.15) is 22.3 Å². The van der Waals surface area contributed by atoms with Gasteiger partial charge >= 0.3 is 0 Å². The van der Waals surface area contributed by atoms with Gasteiger partial charge < -0.3 is 8.83 Å². The third kappa shape index (κ3) is 4.67. The summed E-state index contributed by atoms with van der Waals surface area (Å²) < 4.78 is 12.3. The van der Waals surface area contributed by atoms with Crippen LogP contribution in [0.1, 0.15) is 0 Å². The second-order valence-electron chi connectivity index (χ2n) is 12.4. The van der Waals surface area contributed by atoms with Crippen LogP contribution in [-0.2, 0) is 0 Å². The maximum absolute atomic E-state index is 6.15. The van der Waals surface area contributed by atoms with E-state index in [1.807, 2.05) is 78.9 Å². The van der Waals surface area contributed by atoms with Crippen LogP contribution in [0.25, 0.3) is 100 Å². The molecule has 0 fully saturated rings. The van der Waals surface area contributed by atoms with Crippen LogP contribution in [0.4, 0.5) is 0 Å². The van der Waals surface area contributed by atoms with Crippen LogP contribution < -0.4 is 0 Å². The topological polar surface area (TPSA) is 65.0 Å². The van der Waals surface area contributed by atoms with E-state index in [2.05, 4.69) is 84.9 Å². The average molecular weight is 642 g/mol. The smallest absolute Gasteiger partial charge is 0.164 e. The van der Waals surface area contributed by atoms with E-state index in [4.69, 9.17) is 23.8 Å². The second-order valence-corrected chi connectivity index (χ2v) is 12.4. The van der Waals surface area contributed by atoms with Crippen molar-refractivity contribution in [3.63, 3.8) is 0 Å². The van der Waals surface area contributed by atoms with Crippen molar-refractivity contribution in [1.29, 1.82) is 0 Å². The zero-order valence-corrected chi connectivity index (χ0v) is 26.7. The number of hydrogen-bond donors (Lipinski definition) is 0. The van der Waals surface area contributed by atoms with Crippen LogP contribution >= 0.6 is 0 Å². The van der Waals surface area contributed by atoms with E-state index in [1.165, 1.54) is 0 Å². The Balaban J connectivity index is 1.05. The Kier molecular flexibility index (Phi) is 6.42. The Labute approximate surface area is 287 Å². The van der Waals surface area contributed by atoms with Crippen LogP contribution in [0.5, 0.6) is 0 Å². The number of hydrogen-bond acceptors (Lipinski definition) is 5. The SMILES string of the molecule is c1ccc(-c2nc(-c3ccc(-c4cccc5oc6ccccc6c45)cc3)nc(-c3ccc(-c4cccc5oc6ccccc6c45)cc3)n2)cc1. The number of furan rings is 2. The number of aromatic nitrogens is 3. The average Bonchev–Trinajstić information content (AvgIpc) is 3.77. The van der Waals surface area contributed by atoms with E-state index in [-0.39, 0.29) is 0 Å².